The minimum Gasteiger partial charge on any atom is -0.360 e. The van der Waals surface area contributed by atoms with E-state index in [-0.39, 0.29) is 5.91 Å². The number of carbonyl (C=O) groups excluding carboxylic acids is 1. The molecule has 3 heterocycles. The second-order valence-electron chi connectivity index (χ2n) is 7.59. The molecule has 28 heavy (non-hydrogen) atoms. The topological polar surface area (TPSA) is 49.6 Å². The molecule has 6 heteroatoms. The number of nitrogens with zero attached hydrogens (tertiary/aromatic N) is 3. The summed E-state index contributed by atoms with van der Waals surface area (Å²) in [6.07, 6.45) is 2.30. The number of hydrogen-bond donors (Lipinski definition) is 0. The summed E-state index contributed by atoms with van der Waals surface area (Å²) in [5.74, 6) is 1.35. The van der Waals surface area contributed by atoms with E-state index in [1.807, 2.05) is 28.4 Å². The van der Waals surface area contributed by atoms with Crippen LogP contribution in [0.15, 0.2) is 53.1 Å². The third-order valence-electron chi connectivity index (χ3n) is 5.49. The Labute approximate surface area is 168 Å². The van der Waals surface area contributed by atoms with Crippen LogP contribution in [-0.4, -0.2) is 47.0 Å². The van der Waals surface area contributed by atoms with Gasteiger partial charge >= 0.3 is 0 Å². The van der Waals surface area contributed by atoms with E-state index in [2.05, 4.69) is 46.5 Å². The molecule has 144 valence electrons. The molecule has 1 saturated carbocycles. The van der Waals surface area contributed by atoms with E-state index in [1.54, 1.807) is 0 Å². The molecule has 1 aliphatic carbocycles. The highest BCUT2D eigenvalue weighted by molar-refractivity contribution is 7.15. The summed E-state index contributed by atoms with van der Waals surface area (Å²) in [6, 6.07) is 16.8. The Morgan fingerprint density at radius 2 is 1.86 bits per heavy atom. The number of hydrogen-bond acceptors (Lipinski definition) is 5. The molecule has 1 aliphatic heterocycles. The van der Waals surface area contributed by atoms with Crippen molar-refractivity contribution in [3.05, 3.63) is 64.9 Å². The fourth-order valence-electron chi connectivity index (χ4n) is 3.66. The SMILES string of the molecule is O=C(c1cc(C2CC2)on1)N1CCN(Cc2ccc(-c3ccccc3)s2)CC1. The van der Waals surface area contributed by atoms with E-state index in [0.29, 0.717) is 11.6 Å². The Kier molecular flexibility index (Phi) is 4.74. The molecule has 0 N–H and O–H groups in total. The van der Waals surface area contributed by atoms with Gasteiger partial charge < -0.3 is 9.42 Å². The van der Waals surface area contributed by atoms with Crippen molar-refractivity contribution in [2.75, 3.05) is 26.2 Å². The number of carbonyl (C=O) groups is 1. The second kappa shape index (κ2) is 7.53. The van der Waals surface area contributed by atoms with Crippen LogP contribution in [0.2, 0.25) is 0 Å². The quantitative estimate of drug-likeness (QED) is 0.651. The lowest BCUT2D eigenvalue weighted by Crippen LogP contribution is -2.48. The molecule has 0 bridgehead atoms. The van der Waals surface area contributed by atoms with Crippen molar-refractivity contribution < 1.29 is 9.32 Å². The molecule has 1 aromatic carbocycles. The van der Waals surface area contributed by atoms with Gasteiger partial charge in [-0.25, -0.2) is 0 Å². The van der Waals surface area contributed by atoms with Crippen molar-refractivity contribution in [2.45, 2.75) is 25.3 Å². The number of piperazine rings is 1. The number of rotatable bonds is 5. The minimum absolute atomic E-state index is 0.00205. The van der Waals surface area contributed by atoms with Gasteiger partial charge in [0.1, 0.15) is 5.76 Å². The Bertz CT molecular complexity index is 953. The van der Waals surface area contributed by atoms with Gasteiger partial charge in [-0.05, 0) is 30.5 Å². The number of amides is 1. The first-order valence-electron chi connectivity index (χ1n) is 9.88. The number of aromatic nitrogens is 1. The Balaban J connectivity index is 1.16. The molecule has 2 fully saturated rings. The highest BCUT2D eigenvalue weighted by Crippen LogP contribution is 2.40. The molecular weight excluding hydrogens is 370 g/mol. The standard InChI is InChI=1S/C22H23N3O2S/c26-22(19-14-20(27-23-19)16-6-7-16)25-12-10-24(11-13-25)15-18-8-9-21(28-18)17-4-2-1-3-5-17/h1-5,8-9,14,16H,6-7,10-13,15H2. The highest BCUT2D eigenvalue weighted by Gasteiger charge is 2.30. The Morgan fingerprint density at radius 3 is 2.61 bits per heavy atom. The van der Waals surface area contributed by atoms with Crippen LogP contribution in [-0.2, 0) is 6.54 Å². The summed E-state index contributed by atoms with van der Waals surface area (Å²) < 4.78 is 5.33. The van der Waals surface area contributed by atoms with Crippen molar-refractivity contribution >= 4 is 17.2 Å². The van der Waals surface area contributed by atoms with Gasteiger partial charge in [0.25, 0.3) is 5.91 Å². The first-order chi connectivity index (χ1) is 13.8. The van der Waals surface area contributed by atoms with E-state index < -0.39 is 0 Å². The van der Waals surface area contributed by atoms with Crippen molar-refractivity contribution in [3.63, 3.8) is 0 Å². The zero-order valence-corrected chi connectivity index (χ0v) is 16.5. The van der Waals surface area contributed by atoms with Crippen LogP contribution in [0.1, 0.15) is 39.9 Å². The van der Waals surface area contributed by atoms with Crippen LogP contribution in [0.25, 0.3) is 10.4 Å². The first-order valence-corrected chi connectivity index (χ1v) is 10.7. The maximum Gasteiger partial charge on any atom is 0.276 e. The van der Waals surface area contributed by atoms with Gasteiger partial charge in [0.2, 0.25) is 0 Å². The van der Waals surface area contributed by atoms with Crippen molar-refractivity contribution in [1.82, 2.24) is 15.0 Å². The monoisotopic (exact) mass is 393 g/mol. The molecule has 1 amide bonds. The van der Waals surface area contributed by atoms with Crippen molar-refractivity contribution in [3.8, 4) is 10.4 Å². The summed E-state index contributed by atoms with van der Waals surface area (Å²) in [6.45, 7) is 4.19. The van der Waals surface area contributed by atoms with Crippen LogP contribution in [0, 0.1) is 0 Å². The lowest BCUT2D eigenvalue weighted by Gasteiger charge is -2.34. The van der Waals surface area contributed by atoms with E-state index in [9.17, 15) is 4.79 Å². The summed E-state index contributed by atoms with van der Waals surface area (Å²) >= 11 is 1.85. The molecule has 1 saturated heterocycles. The maximum atomic E-state index is 12.7. The van der Waals surface area contributed by atoms with Gasteiger partial charge in [-0.2, -0.15) is 0 Å². The van der Waals surface area contributed by atoms with Crippen LogP contribution in [0.3, 0.4) is 0 Å². The number of thiophene rings is 1. The second-order valence-corrected chi connectivity index (χ2v) is 8.76. The summed E-state index contributed by atoms with van der Waals surface area (Å²) in [5, 5.41) is 3.99. The minimum atomic E-state index is -0.00205. The molecule has 0 atom stereocenters. The van der Waals surface area contributed by atoms with Gasteiger partial charge in [0, 0.05) is 54.5 Å². The fraction of sp³-hybridized carbons (Fsp3) is 0.364. The smallest absolute Gasteiger partial charge is 0.276 e. The van der Waals surface area contributed by atoms with Gasteiger partial charge in [0.15, 0.2) is 5.69 Å². The Morgan fingerprint density at radius 1 is 1.07 bits per heavy atom. The summed E-state index contributed by atoms with van der Waals surface area (Å²) in [4.78, 5) is 19.7. The lowest BCUT2D eigenvalue weighted by atomic mass is 10.2. The van der Waals surface area contributed by atoms with Crippen LogP contribution in [0.5, 0.6) is 0 Å². The van der Waals surface area contributed by atoms with Crippen LogP contribution in [0.4, 0.5) is 0 Å². The molecule has 3 aromatic rings. The Hall–Kier alpha value is -2.44. The molecule has 0 spiro atoms. The predicted octanol–water partition coefficient (Wildman–Crippen LogP) is 4.24. The average Bonchev–Trinajstić information content (AvgIpc) is 3.28. The van der Waals surface area contributed by atoms with Gasteiger partial charge in [0.05, 0.1) is 0 Å². The molecule has 5 rings (SSSR count). The molecular formula is C22H23N3O2S. The van der Waals surface area contributed by atoms with Crippen molar-refractivity contribution in [1.29, 1.82) is 0 Å². The van der Waals surface area contributed by atoms with Gasteiger partial charge in [-0.1, -0.05) is 35.5 Å². The van der Waals surface area contributed by atoms with Crippen LogP contribution < -0.4 is 0 Å². The average molecular weight is 394 g/mol. The van der Waals surface area contributed by atoms with E-state index in [1.165, 1.54) is 15.3 Å². The molecule has 2 aliphatic rings. The number of benzene rings is 1. The summed E-state index contributed by atoms with van der Waals surface area (Å²) in [7, 11) is 0. The third kappa shape index (κ3) is 3.75. The molecule has 0 radical (unpaired) electrons. The van der Waals surface area contributed by atoms with E-state index in [0.717, 1.165) is 51.3 Å². The highest BCUT2D eigenvalue weighted by atomic mass is 32.1. The van der Waals surface area contributed by atoms with Gasteiger partial charge in [-0.3, -0.25) is 9.69 Å². The third-order valence-corrected chi connectivity index (χ3v) is 6.61. The van der Waals surface area contributed by atoms with Crippen LogP contribution >= 0.6 is 11.3 Å². The molecule has 5 nitrogen and oxygen atoms in total. The zero-order valence-electron chi connectivity index (χ0n) is 15.7. The predicted molar refractivity (Wildman–Crippen MR) is 109 cm³/mol. The maximum absolute atomic E-state index is 12.7. The zero-order chi connectivity index (χ0) is 18.9. The summed E-state index contributed by atoms with van der Waals surface area (Å²) in [5.41, 5.74) is 1.73. The van der Waals surface area contributed by atoms with Crippen molar-refractivity contribution in [2.24, 2.45) is 0 Å². The fourth-order valence-corrected chi connectivity index (χ4v) is 4.72. The molecule has 0 unspecified atom stereocenters. The first kappa shape index (κ1) is 17.6. The van der Waals surface area contributed by atoms with E-state index >= 15 is 0 Å². The van der Waals surface area contributed by atoms with Gasteiger partial charge in [-0.15, -0.1) is 11.3 Å². The van der Waals surface area contributed by atoms with E-state index in [4.69, 9.17) is 4.52 Å². The largest absolute Gasteiger partial charge is 0.360 e. The normalized spacial score (nSPS) is 17.8. The molecule has 2 aromatic heterocycles. The lowest BCUT2D eigenvalue weighted by molar-refractivity contribution is 0.0619.